The molecular formula is C27H31Cl2N7O. The molecule has 5 rings (SSSR count). The van der Waals surface area contributed by atoms with Crippen LogP contribution in [0.2, 0.25) is 10.0 Å². The number of anilines is 2. The first kappa shape index (κ1) is 25.7. The Bertz CT molecular complexity index is 1340. The minimum atomic E-state index is -0.558. The van der Waals surface area contributed by atoms with Gasteiger partial charge in [0.1, 0.15) is 12.2 Å². The molecule has 2 aromatic carbocycles. The van der Waals surface area contributed by atoms with E-state index in [9.17, 15) is 5.11 Å². The Morgan fingerprint density at radius 1 is 1.00 bits per heavy atom. The summed E-state index contributed by atoms with van der Waals surface area (Å²) in [7, 11) is 0. The van der Waals surface area contributed by atoms with Crippen LogP contribution in [0.4, 0.5) is 11.5 Å². The van der Waals surface area contributed by atoms with Gasteiger partial charge in [0.2, 0.25) is 0 Å². The largest absolute Gasteiger partial charge is 0.390 e. The van der Waals surface area contributed by atoms with Crippen LogP contribution >= 0.6 is 23.2 Å². The number of hydrogen-bond donors (Lipinski definition) is 2. The fourth-order valence-electron chi connectivity index (χ4n) is 4.79. The number of hydrogen-bond acceptors (Lipinski definition) is 7. The van der Waals surface area contributed by atoms with Crippen molar-refractivity contribution in [2.24, 2.45) is 0 Å². The van der Waals surface area contributed by atoms with Crippen LogP contribution in [0.25, 0.3) is 16.9 Å². The van der Waals surface area contributed by atoms with Gasteiger partial charge < -0.3 is 15.3 Å². The second-order valence-electron chi connectivity index (χ2n) is 9.24. The van der Waals surface area contributed by atoms with Crippen LogP contribution in [-0.4, -0.2) is 74.9 Å². The lowest BCUT2D eigenvalue weighted by Crippen LogP contribution is -2.49. The first-order chi connectivity index (χ1) is 18.0. The van der Waals surface area contributed by atoms with E-state index in [0.717, 1.165) is 61.9 Å². The van der Waals surface area contributed by atoms with E-state index < -0.39 is 6.10 Å². The van der Waals surface area contributed by atoms with Gasteiger partial charge in [0, 0.05) is 51.4 Å². The number of fused-ring (bicyclic) bond motifs is 1. The number of piperazine rings is 1. The molecule has 0 amide bonds. The molecule has 1 atom stereocenters. The van der Waals surface area contributed by atoms with Gasteiger partial charge in [-0.1, -0.05) is 54.4 Å². The average molecular weight is 540 g/mol. The zero-order chi connectivity index (χ0) is 25.8. The van der Waals surface area contributed by atoms with Crippen molar-refractivity contribution >= 4 is 45.9 Å². The molecule has 0 radical (unpaired) electrons. The predicted octanol–water partition coefficient (Wildman–Crippen LogP) is 4.67. The highest BCUT2D eigenvalue weighted by atomic mass is 35.5. The second kappa shape index (κ2) is 11.6. The third-order valence-electron chi connectivity index (χ3n) is 6.62. The minimum Gasteiger partial charge on any atom is -0.390 e. The summed E-state index contributed by atoms with van der Waals surface area (Å²) >= 11 is 12.6. The van der Waals surface area contributed by atoms with E-state index in [2.05, 4.69) is 48.7 Å². The van der Waals surface area contributed by atoms with Gasteiger partial charge >= 0.3 is 0 Å². The molecule has 1 aliphatic heterocycles. The Kier molecular flexibility index (Phi) is 8.10. The number of aryl methyl sites for hydroxylation is 1. The summed E-state index contributed by atoms with van der Waals surface area (Å²) in [6.07, 6.45) is 2.80. The van der Waals surface area contributed by atoms with E-state index in [-0.39, 0.29) is 0 Å². The van der Waals surface area contributed by atoms with Crippen molar-refractivity contribution in [3.8, 4) is 5.69 Å². The zero-order valence-electron chi connectivity index (χ0n) is 20.8. The van der Waals surface area contributed by atoms with Gasteiger partial charge in [-0.3, -0.25) is 9.47 Å². The SMILES string of the molecule is CCCc1nc2c(NCC(O)CN3CCN(c4cccc(Cl)c4Cl)CC3)ncnc2n1-c1ccccc1. The van der Waals surface area contributed by atoms with Crippen LogP contribution in [0.1, 0.15) is 19.2 Å². The van der Waals surface area contributed by atoms with Crippen molar-refractivity contribution in [2.45, 2.75) is 25.9 Å². The molecule has 1 saturated heterocycles. The average Bonchev–Trinajstić information content (AvgIpc) is 3.29. The van der Waals surface area contributed by atoms with E-state index in [4.69, 9.17) is 28.2 Å². The molecule has 37 heavy (non-hydrogen) atoms. The fourth-order valence-corrected chi connectivity index (χ4v) is 5.21. The predicted molar refractivity (Wildman–Crippen MR) is 150 cm³/mol. The van der Waals surface area contributed by atoms with E-state index in [1.807, 2.05) is 30.3 Å². The van der Waals surface area contributed by atoms with Gasteiger partial charge in [-0.15, -0.1) is 0 Å². The molecule has 3 heterocycles. The van der Waals surface area contributed by atoms with Crippen LogP contribution in [0, 0.1) is 0 Å². The highest BCUT2D eigenvalue weighted by Crippen LogP contribution is 2.33. The van der Waals surface area contributed by atoms with Crippen LogP contribution in [0.15, 0.2) is 54.9 Å². The first-order valence-electron chi connectivity index (χ1n) is 12.7. The molecule has 0 spiro atoms. The number of β-amino-alcohol motifs (C(OH)–C–C–N with tert-alkyl or cyclic N) is 1. The van der Waals surface area contributed by atoms with E-state index in [1.54, 1.807) is 12.4 Å². The van der Waals surface area contributed by atoms with E-state index >= 15 is 0 Å². The van der Waals surface area contributed by atoms with Gasteiger partial charge in [0.25, 0.3) is 0 Å². The maximum atomic E-state index is 10.8. The number of aliphatic hydroxyl groups is 1. The molecule has 10 heteroatoms. The monoisotopic (exact) mass is 539 g/mol. The number of para-hydroxylation sites is 1. The van der Waals surface area contributed by atoms with E-state index in [1.165, 1.54) is 0 Å². The maximum Gasteiger partial charge on any atom is 0.170 e. The van der Waals surface area contributed by atoms with Crippen molar-refractivity contribution in [1.29, 1.82) is 0 Å². The van der Waals surface area contributed by atoms with Crippen LogP contribution in [0.3, 0.4) is 0 Å². The van der Waals surface area contributed by atoms with E-state index in [0.29, 0.717) is 34.5 Å². The number of nitrogens with one attached hydrogen (secondary N) is 1. The topological polar surface area (TPSA) is 82.3 Å². The highest BCUT2D eigenvalue weighted by molar-refractivity contribution is 6.43. The molecule has 2 N–H and O–H groups in total. The maximum absolute atomic E-state index is 10.8. The Hall–Kier alpha value is -2.91. The number of benzene rings is 2. The van der Waals surface area contributed by atoms with Crippen LogP contribution < -0.4 is 10.2 Å². The number of rotatable bonds is 9. The molecule has 4 aromatic rings. The van der Waals surface area contributed by atoms with Crippen molar-refractivity contribution in [3.05, 3.63) is 70.7 Å². The summed E-state index contributed by atoms with van der Waals surface area (Å²) in [4.78, 5) is 18.4. The number of nitrogens with zero attached hydrogens (tertiary/aromatic N) is 6. The number of aromatic nitrogens is 4. The summed E-state index contributed by atoms with van der Waals surface area (Å²) in [5.41, 5.74) is 3.46. The quantitative estimate of drug-likeness (QED) is 0.319. The van der Waals surface area contributed by atoms with Crippen LogP contribution in [-0.2, 0) is 6.42 Å². The standard InChI is InChI=1S/C27H31Cl2N7O/c1-2-7-23-33-25-26(31-18-32-27(25)36(23)19-8-4-3-5-9-19)30-16-20(37)17-34-12-14-35(15-13-34)22-11-6-10-21(28)24(22)29/h3-6,8-11,18,20,37H,2,7,12-17H2,1H3,(H,30,31,32). The van der Waals surface area contributed by atoms with Crippen molar-refractivity contribution < 1.29 is 5.11 Å². The molecule has 8 nitrogen and oxygen atoms in total. The minimum absolute atomic E-state index is 0.369. The molecule has 0 aliphatic carbocycles. The summed E-state index contributed by atoms with van der Waals surface area (Å²) < 4.78 is 2.09. The first-order valence-corrected chi connectivity index (χ1v) is 13.4. The van der Waals surface area contributed by atoms with Crippen LogP contribution in [0.5, 0.6) is 0 Å². The highest BCUT2D eigenvalue weighted by Gasteiger charge is 2.22. The molecule has 2 aromatic heterocycles. The Morgan fingerprint density at radius 3 is 2.54 bits per heavy atom. The third kappa shape index (κ3) is 5.67. The third-order valence-corrected chi connectivity index (χ3v) is 7.43. The number of halogens is 2. The van der Waals surface area contributed by atoms with Gasteiger partial charge in [-0.25, -0.2) is 15.0 Å². The van der Waals surface area contributed by atoms with Gasteiger partial charge in [-0.2, -0.15) is 0 Å². The van der Waals surface area contributed by atoms with Gasteiger partial charge in [0.05, 0.1) is 21.8 Å². The van der Waals surface area contributed by atoms with Gasteiger partial charge in [0.15, 0.2) is 17.0 Å². The van der Waals surface area contributed by atoms with Crippen molar-refractivity contribution in [2.75, 3.05) is 49.5 Å². The Balaban J connectivity index is 1.22. The van der Waals surface area contributed by atoms with Gasteiger partial charge in [-0.05, 0) is 30.7 Å². The molecule has 1 aliphatic rings. The zero-order valence-corrected chi connectivity index (χ0v) is 22.3. The lowest BCUT2D eigenvalue weighted by atomic mass is 10.2. The fraction of sp³-hybridized carbons (Fsp3) is 0.370. The molecular weight excluding hydrogens is 509 g/mol. The molecule has 0 saturated carbocycles. The summed E-state index contributed by atoms with van der Waals surface area (Å²) in [5, 5.41) is 15.3. The summed E-state index contributed by atoms with van der Waals surface area (Å²) in [5.74, 6) is 1.59. The normalized spacial score (nSPS) is 15.3. The Labute approximate surface area is 226 Å². The smallest absolute Gasteiger partial charge is 0.170 e. The lowest BCUT2D eigenvalue weighted by Gasteiger charge is -2.37. The molecule has 1 unspecified atom stereocenters. The summed E-state index contributed by atoms with van der Waals surface area (Å²) in [6.45, 7) is 6.39. The summed E-state index contributed by atoms with van der Waals surface area (Å²) in [6, 6.07) is 15.8. The lowest BCUT2D eigenvalue weighted by molar-refractivity contribution is 0.118. The van der Waals surface area contributed by atoms with Crippen molar-refractivity contribution in [3.63, 3.8) is 0 Å². The number of aliphatic hydroxyl groups excluding tert-OH is 1. The van der Waals surface area contributed by atoms with Crippen molar-refractivity contribution in [1.82, 2.24) is 24.4 Å². The Morgan fingerprint density at radius 2 is 1.78 bits per heavy atom. The second-order valence-corrected chi connectivity index (χ2v) is 10.0. The molecule has 1 fully saturated rings. The molecule has 0 bridgehead atoms. The number of imidazole rings is 1. The molecule has 194 valence electrons.